The van der Waals surface area contributed by atoms with Gasteiger partial charge in [0, 0.05) is 12.2 Å². The summed E-state index contributed by atoms with van der Waals surface area (Å²) < 4.78 is 0. The molecule has 0 unspecified atom stereocenters. The third-order valence-electron chi connectivity index (χ3n) is 1.31. The highest BCUT2D eigenvalue weighted by Gasteiger charge is 2.00. The zero-order valence-corrected chi connectivity index (χ0v) is 7.65. The third kappa shape index (κ3) is 2.96. The molecule has 0 saturated carbocycles. The smallest absolute Gasteiger partial charge is 0.226 e. The van der Waals surface area contributed by atoms with E-state index in [1.54, 1.807) is 18.0 Å². The van der Waals surface area contributed by atoms with Gasteiger partial charge in [-0.15, -0.1) is 0 Å². The van der Waals surface area contributed by atoms with Gasteiger partial charge in [-0.05, 0) is 6.26 Å². The van der Waals surface area contributed by atoms with Crippen LogP contribution in [0.1, 0.15) is 6.42 Å². The Labute approximate surface area is 75.2 Å². The Morgan fingerprint density at radius 3 is 3.25 bits per heavy atom. The monoisotopic (exact) mass is 185 g/mol. The first-order valence-corrected chi connectivity index (χ1v) is 4.99. The first-order chi connectivity index (χ1) is 5.83. The topological polar surface area (TPSA) is 57.8 Å². The van der Waals surface area contributed by atoms with E-state index in [9.17, 15) is 4.79 Å². The molecule has 12 heavy (non-hydrogen) atoms. The molecule has 0 aliphatic rings. The summed E-state index contributed by atoms with van der Waals surface area (Å²) in [7, 11) is 0. The van der Waals surface area contributed by atoms with Gasteiger partial charge in [0.25, 0.3) is 0 Å². The molecule has 4 nitrogen and oxygen atoms in total. The highest BCUT2D eigenvalue weighted by molar-refractivity contribution is 7.98. The second kappa shape index (κ2) is 4.82. The SMILES string of the molecule is CSCCC(=O)Nc1cnc[nH]1. The molecule has 0 aliphatic heterocycles. The fourth-order valence-electron chi connectivity index (χ4n) is 0.732. The van der Waals surface area contributed by atoms with Crippen LogP contribution < -0.4 is 5.32 Å². The van der Waals surface area contributed by atoms with Crippen molar-refractivity contribution in [3.63, 3.8) is 0 Å². The lowest BCUT2D eigenvalue weighted by molar-refractivity contribution is -0.115. The molecule has 66 valence electrons. The van der Waals surface area contributed by atoms with E-state index in [0.29, 0.717) is 12.2 Å². The summed E-state index contributed by atoms with van der Waals surface area (Å²) in [6.07, 6.45) is 5.63. The van der Waals surface area contributed by atoms with Crippen molar-refractivity contribution in [1.82, 2.24) is 9.97 Å². The maximum atomic E-state index is 11.1. The predicted octanol–water partition coefficient (Wildman–Crippen LogP) is 1.10. The molecule has 0 spiro atoms. The van der Waals surface area contributed by atoms with Crippen LogP contribution in [-0.2, 0) is 4.79 Å². The number of carbonyl (C=O) groups is 1. The van der Waals surface area contributed by atoms with E-state index in [1.807, 2.05) is 6.26 Å². The number of H-pyrrole nitrogens is 1. The Hall–Kier alpha value is -0.970. The minimum absolute atomic E-state index is 0.0219. The van der Waals surface area contributed by atoms with Crippen molar-refractivity contribution < 1.29 is 4.79 Å². The molecule has 0 aliphatic carbocycles. The lowest BCUT2D eigenvalue weighted by atomic mass is 10.4. The standard InChI is InChI=1S/C7H11N3OS/c1-12-3-2-7(11)10-6-4-8-5-9-6/h4-5H,2-3H2,1H3,(H,8,9)(H,10,11). The van der Waals surface area contributed by atoms with Crippen molar-refractivity contribution in [2.75, 3.05) is 17.3 Å². The van der Waals surface area contributed by atoms with Crippen molar-refractivity contribution in [1.29, 1.82) is 0 Å². The highest BCUT2D eigenvalue weighted by Crippen LogP contribution is 2.01. The van der Waals surface area contributed by atoms with Gasteiger partial charge in [-0.2, -0.15) is 11.8 Å². The number of amides is 1. The second-order valence-electron chi connectivity index (χ2n) is 2.26. The first-order valence-electron chi connectivity index (χ1n) is 3.60. The van der Waals surface area contributed by atoms with Crippen molar-refractivity contribution in [2.45, 2.75) is 6.42 Å². The zero-order valence-electron chi connectivity index (χ0n) is 6.83. The van der Waals surface area contributed by atoms with Gasteiger partial charge in [0.05, 0.1) is 12.5 Å². The van der Waals surface area contributed by atoms with E-state index in [2.05, 4.69) is 15.3 Å². The van der Waals surface area contributed by atoms with Crippen molar-refractivity contribution in [2.24, 2.45) is 0 Å². The molecule has 0 aromatic carbocycles. The molecule has 0 bridgehead atoms. The van der Waals surface area contributed by atoms with E-state index in [-0.39, 0.29) is 5.91 Å². The Morgan fingerprint density at radius 2 is 2.67 bits per heavy atom. The number of hydrogen-bond donors (Lipinski definition) is 2. The van der Waals surface area contributed by atoms with Gasteiger partial charge in [-0.3, -0.25) is 4.79 Å². The molecule has 0 saturated heterocycles. The lowest BCUT2D eigenvalue weighted by Gasteiger charge is -1.99. The number of carbonyl (C=O) groups excluding carboxylic acids is 1. The average Bonchev–Trinajstić information content (AvgIpc) is 2.53. The van der Waals surface area contributed by atoms with E-state index < -0.39 is 0 Å². The minimum Gasteiger partial charge on any atom is -0.331 e. The summed E-state index contributed by atoms with van der Waals surface area (Å²) in [6.45, 7) is 0. The Balaban J connectivity index is 2.27. The molecule has 2 N–H and O–H groups in total. The minimum atomic E-state index is 0.0219. The number of thioether (sulfide) groups is 1. The lowest BCUT2D eigenvalue weighted by Crippen LogP contribution is -2.12. The molecule has 1 heterocycles. The number of aromatic amines is 1. The van der Waals surface area contributed by atoms with Gasteiger partial charge in [-0.1, -0.05) is 0 Å². The summed E-state index contributed by atoms with van der Waals surface area (Å²) in [5.41, 5.74) is 0. The molecule has 1 amide bonds. The Morgan fingerprint density at radius 1 is 1.83 bits per heavy atom. The fourth-order valence-corrected chi connectivity index (χ4v) is 1.12. The van der Waals surface area contributed by atoms with Gasteiger partial charge in [-0.25, -0.2) is 4.98 Å². The molecule has 5 heteroatoms. The summed E-state index contributed by atoms with van der Waals surface area (Å²) in [5, 5.41) is 2.69. The average molecular weight is 185 g/mol. The molecular formula is C7H11N3OS. The van der Waals surface area contributed by atoms with Crippen LogP contribution in [-0.4, -0.2) is 27.9 Å². The van der Waals surface area contributed by atoms with Crippen LogP contribution in [0.25, 0.3) is 0 Å². The van der Waals surface area contributed by atoms with Gasteiger partial charge in [0.15, 0.2) is 0 Å². The van der Waals surface area contributed by atoms with Crippen LogP contribution in [0.15, 0.2) is 12.5 Å². The first kappa shape index (κ1) is 9.12. The largest absolute Gasteiger partial charge is 0.331 e. The molecule has 0 fully saturated rings. The van der Waals surface area contributed by atoms with Crippen LogP contribution in [0.3, 0.4) is 0 Å². The summed E-state index contributed by atoms with van der Waals surface area (Å²) in [4.78, 5) is 17.7. The van der Waals surface area contributed by atoms with Crippen molar-refractivity contribution in [3.8, 4) is 0 Å². The number of anilines is 1. The van der Waals surface area contributed by atoms with Crippen LogP contribution in [0.4, 0.5) is 5.82 Å². The molecule has 1 rings (SSSR count). The van der Waals surface area contributed by atoms with Crippen LogP contribution in [0.2, 0.25) is 0 Å². The number of rotatable bonds is 4. The second-order valence-corrected chi connectivity index (χ2v) is 3.24. The van der Waals surface area contributed by atoms with Gasteiger partial charge < -0.3 is 10.3 Å². The molecule has 1 aromatic rings. The van der Waals surface area contributed by atoms with E-state index in [4.69, 9.17) is 0 Å². The van der Waals surface area contributed by atoms with Crippen LogP contribution in [0, 0.1) is 0 Å². The molecule has 0 atom stereocenters. The molecule has 1 aromatic heterocycles. The number of hydrogen-bond acceptors (Lipinski definition) is 3. The zero-order chi connectivity index (χ0) is 8.81. The quantitative estimate of drug-likeness (QED) is 0.738. The third-order valence-corrected chi connectivity index (χ3v) is 1.92. The van der Waals surface area contributed by atoms with Gasteiger partial charge in [0.1, 0.15) is 5.82 Å². The van der Waals surface area contributed by atoms with E-state index in [0.717, 1.165) is 5.75 Å². The fraction of sp³-hybridized carbons (Fsp3) is 0.429. The van der Waals surface area contributed by atoms with Crippen LogP contribution in [0.5, 0.6) is 0 Å². The number of nitrogens with zero attached hydrogens (tertiary/aromatic N) is 1. The van der Waals surface area contributed by atoms with Crippen molar-refractivity contribution in [3.05, 3.63) is 12.5 Å². The summed E-state index contributed by atoms with van der Waals surface area (Å²) in [5.74, 6) is 1.52. The normalized spacial score (nSPS) is 9.75. The number of aromatic nitrogens is 2. The van der Waals surface area contributed by atoms with Crippen molar-refractivity contribution >= 4 is 23.5 Å². The van der Waals surface area contributed by atoms with Gasteiger partial charge >= 0.3 is 0 Å². The summed E-state index contributed by atoms with van der Waals surface area (Å²) in [6, 6.07) is 0. The molecule has 0 radical (unpaired) electrons. The van der Waals surface area contributed by atoms with Gasteiger partial charge in [0.2, 0.25) is 5.91 Å². The summed E-state index contributed by atoms with van der Waals surface area (Å²) >= 11 is 1.66. The van der Waals surface area contributed by atoms with E-state index >= 15 is 0 Å². The van der Waals surface area contributed by atoms with Crippen LogP contribution >= 0.6 is 11.8 Å². The highest BCUT2D eigenvalue weighted by atomic mass is 32.2. The maximum absolute atomic E-state index is 11.1. The molecular weight excluding hydrogens is 174 g/mol. The Kier molecular flexibility index (Phi) is 3.66. The maximum Gasteiger partial charge on any atom is 0.226 e. The predicted molar refractivity (Wildman–Crippen MR) is 50.2 cm³/mol. The van der Waals surface area contributed by atoms with E-state index in [1.165, 1.54) is 6.33 Å². The Bertz CT molecular complexity index is 235. The number of nitrogens with one attached hydrogen (secondary N) is 2. The number of imidazole rings is 1.